The average Bonchev–Trinajstić information content (AvgIpc) is 2.67. The van der Waals surface area contributed by atoms with Gasteiger partial charge in [-0.1, -0.05) is 0 Å². The highest BCUT2D eigenvalue weighted by molar-refractivity contribution is 6.04. The van der Waals surface area contributed by atoms with Crippen LogP contribution in [-0.2, 0) is 4.79 Å². The van der Waals surface area contributed by atoms with E-state index in [1.165, 1.54) is 12.1 Å². The molecule has 0 saturated carbocycles. The van der Waals surface area contributed by atoms with Gasteiger partial charge < -0.3 is 20.2 Å². The first-order chi connectivity index (χ1) is 8.90. The zero-order valence-corrected chi connectivity index (χ0v) is 9.74. The van der Waals surface area contributed by atoms with Gasteiger partial charge in [0.25, 0.3) is 0 Å². The molecular weight excluding hydrogens is 254 g/mol. The van der Waals surface area contributed by atoms with Crippen LogP contribution in [0.5, 0.6) is 0 Å². The SMILES string of the molecule is O=C(O)c1ccc(N2CC(O)CC2=O)c(C(=O)O)c1. The molecule has 19 heavy (non-hydrogen) atoms. The highest BCUT2D eigenvalue weighted by Crippen LogP contribution is 2.26. The molecule has 1 atom stereocenters. The molecular formula is C12H11NO6. The molecule has 1 aromatic rings. The molecule has 1 aliphatic rings. The summed E-state index contributed by atoms with van der Waals surface area (Å²) in [7, 11) is 0. The molecule has 100 valence electrons. The zero-order valence-electron chi connectivity index (χ0n) is 9.74. The van der Waals surface area contributed by atoms with E-state index in [0.29, 0.717) is 0 Å². The Hall–Kier alpha value is -2.41. The Morgan fingerprint density at radius 3 is 2.37 bits per heavy atom. The molecule has 1 saturated heterocycles. The zero-order chi connectivity index (χ0) is 14.2. The number of amides is 1. The number of hydrogen-bond donors (Lipinski definition) is 3. The summed E-state index contributed by atoms with van der Waals surface area (Å²) in [6.07, 6.45) is -0.909. The van der Waals surface area contributed by atoms with Crippen molar-refractivity contribution >= 4 is 23.5 Å². The molecule has 1 fully saturated rings. The summed E-state index contributed by atoms with van der Waals surface area (Å²) in [4.78, 5) is 34.7. The molecule has 1 amide bonds. The lowest BCUT2D eigenvalue weighted by Crippen LogP contribution is -2.27. The van der Waals surface area contributed by atoms with E-state index in [-0.39, 0.29) is 29.8 Å². The van der Waals surface area contributed by atoms with Crippen molar-refractivity contribution < 1.29 is 29.7 Å². The summed E-state index contributed by atoms with van der Waals surface area (Å²) >= 11 is 0. The van der Waals surface area contributed by atoms with Crippen molar-refractivity contribution in [2.24, 2.45) is 0 Å². The number of carboxylic acids is 2. The predicted octanol–water partition coefficient (Wildman–Crippen LogP) is 0.181. The molecule has 3 N–H and O–H groups in total. The quantitative estimate of drug-likeness (QED) is 0.718. The Bertz CT molecular complexity index is 567. The Labute approximate surface area is 107 Å². The average molecular weight is 265 g/mol. The minimum absolute atomic E-state index is 0.00549. The van der Waals surface area contributed by atoms with Crippen molar-refractivity contribution in [3.63, 3.8) is 0 Å². The maximum absolute atomic E-state index is 11.6. The van der Waals surface area contributed by atoms with Crippen LogP contribution >= 0.6 is 0 Å². The summed E-state index contributed by atoms with van der Waals surface area (Å²) in [5.74, 6) is -2.97. The van der Waals surface area contributed by atoms with Crippen molar-refractivity contribution in [3.8, 4) is 0 Å². The fraction of sp³-hybridized carbons (Fsp3) is 0.250. The second kappa shape index (κ2) is 4.69. The normalized spacial score (nSPS) is 18.7. The molecule has 2 rings (SSSR count). The monoisotopic (exact) mass is 265 g/mol. The first kappa shape index (κ1) is 13.0. The van der Waals surface area contributed by atoms with E-state index in [9.17, 15) is 19.5 Å². The molecule has 0 aliphatic carbocycles. The Morgan fingerprint density at radius 2 is 1.89 bits per heavy atom. The molecule has 1 unspecified atom stereocenters. The van der Waals surface area contributed by atoms with Crippen LogP contribution < -0.4 is 4.90 Å². The van der Waals surface area contributed by atoms with Gasteiger partial charge in [0, 0.05) is 0 Å². The molecule has 7 nitrogen and oxygen atoms in total. The van der Waals surface area contributed by atoms with Gasteiger partial charge in [0.1, 0.15) is 0 Å². The number of β-amino-alcohol motifs (C(OH)–C–C–N with tert-alkyl or cyclic N) is 1. The number of carbonyl (C=O) groups excluding carboxylic acids is 1. The number of aliphatic hydroxyl groups is 1. The molecule has 0 aromatic heterocycles. The van der Waals surface area contributed by atoms with Gasteiger partial charge in [0.15, 0.2) is 0 Å². The lowest BCUT2D eigenvalue weighted by atomic mass is 10.1. The van der Waals surface area contributed by atoms with E-state index in [0.717, 1.165) is 11.0 Å². The second-order valence-corrected chi connectivity index (χ2v) is 4.20. The minimum atomic E-state index is -1.33. The van der Waals surface area contributed by atoms with Gasteiger partial charge in [-0.25, -0.2) is 9.59 Å². The number of rotatable bonds is 3. The number of carbonyl (C=O) groups is 3. The third-order valence-electron chi connectivity index (χ3n) is 2.87. The fourth-order valence-corrected chi connectivity index (χ4v) is 2.00. The van der Waals surface area contributed by atoms with E-state index in [4.69, 9.17) is 10.2 Å². The van der Waals surface area contributed by atoms with E-state index < -0.39 is 23.9 Å². The summed E-state index contributed by atoms with van der Waals surface area (Å²) in [5, 5.41) is 27.3. The van der Waals surface area contributed by atoms with Crippen LogP contribution in [0.15, 0.2) is 18.2 Å². The van der Waals surface area contributed by atoms with Gasteiger partial charge in [-0.05, 0) is 18.2 Å². The van der Waals surface area contributed by atoms with Gasteiger partial charge >= 0.3 is 11.9 Å². The Morgan fingerprint density at radius 1 is 1.21 bits per heavy atom. The van der Waals surface area contributed by atoms with Crippen LogP contribution in [0.4, 0.5) is 5.69 Å². The second-order valence-electron chi connectivity index (χ2n) is 4.20. The van der Waals surface area contributed by atoms with Crippen LogP contribution in [0.3, 0.4) is 0 Å². The highest BCUT2D eigenvalue weighted by Gasteiger charge is 2.31. The lowest BCUT2D eigenvalue weighted by Gasteiger charge is -2.18. The molecule has 0 spiro atoms. The standard InChI is InChI=1S/C12H11NO6/c14-7-4-10(15)13(5-7)9-2-1-6(11(16)17)3-8(9)12(18)19/h1-3,7,14H,4-5H2,(H,16,17)(H,18,19). The number of nitrogens with zero attached hydrogens (tertiary/aromatic N) is 1. The molecule has 1 aromatic carbocycles. The van der Waals surface area contributed by atoms with Crippen molar-refractivity contribution in [2.45, 2.75) is 12.5 Å². The van der Waals surface area contributed by atoms with Gasteiger partial charge in [0.2, 0.25) is 5.91 Å². The third-order valence-corrected chi connectivity index (χ3v) is 2.87. The van der Waals surface area contributed by atoms with Crippen molar-refractivity contribution in [2.75, 3.05) is 11.4 Å². The van der Waals surface area contributed by atoms with Crippen LogP contribution in [0.2, 0.25) is 0 Å². The summed E-state index contributed by atoms with van der Waals surface area (Å²) < 4.78 is 0. The van der Waals surface area contributed by atoms with Crippen molar-refractivity contribution in [3.05, 3.63) is 29.3 Å². The van der Waals surface area contributed by atoms with Gasteiger partial charge in [-0.3, -0.25) is 4.79 Å². The van der Waals surface area contributed by atoms with E-state index in [2.05, 4.69) is 0 Å². The maximum atomic E-state index is 11.6. The highest BCUT2D eigenvalue weighted by atomic mass is 16.4. The Kier molecular flexibility index (Phi) is 3.22. The fourth-order valence-electron chi connectivity index (χ4n) is 2.00. The van der Waals surface area contributed by atoms with Crippen molar-refractivity contribution in [1.82, 2.24) is 0 Å². The third kappa shape index (κ3) is 2.41. The summed E-state index contributed by atoms with van der Waals surface area (Å²) in [6, 6.07) is 3.49. The number of aliphatic hydroxyl groups excluding tert-OH is 1. The number of aromatic carboxylic acids is 2. The van der Waals surface area contributed by atoms with Gasteiger partial charge in [-0.15, -0.1) is 0 Å². The van der Waals surface area contributed by atoms with Gasteiger partial charge in [0.05, 0.1) is 35.9 Å². The summed E-state index contributed by atoms with van der Waals surface area (Å²) in [6.45, 7) is 0.00549. The number of hydrogen-bond acceptors (Lipinski definition) is 4. The number of benzene rings is 1. The van der Waals surface area contributed by atoms with Crippen LogP contribution in [0, 0.1) is 0 Å². The minimum Gasteiger partial charge on any atom is -0.478 e. The summed E-state index contributed by atoms with van der Waals surface area (Å²) in [5.41, 5.74) is -0.352. The van der Waals surface area contributed by atoms with Crippen LogP contribution in [-0.4, -0.2) is 45.8 Å². The predicted molar refractivity (Wildman–Crippen MR) is 63.3 cm³/mol. The number of carboxylic acid groups (broad SMARTS) is 2. The Balaban J connectivity index is 2.48. The molecule has 1 heterocycles. The molecule has 1 aliphatic heterocycles. The van der Waals surface area contributed by atoms with E-state index >= 15 is 0 Å². The lowest BCUT2D eigenvalue weighted by molar-refractivity contribution is -0.117. The van der Waals surface area contributed by atoms with E-state index in [1.54, 1.807) is 0 Å². The van der Waals surface area contributed by atoms with Crippen LogP contribution in [0.1, 0.15) is 27.1 Å². The van der Waals surface area contributed by atoms with Gasteiger partial charge in [-0.2, -0.15) is 0 Å². The maximum Gasteiger partial charge on any atom is 0.337 e. The molecule has 0 bridgehead atoms. The first-order valence-electron chi connectivity index (χ1n) is 5.49. The largest absolute Gasteiger partial charge is 0.478 e. The molecule has 0 radical (unpaired) electrons. The van der Waals surface area contributed by atoms with Crippen LogP contribution in [0.25, 0.3) is 0 Å². The smallest absolute Gasteiger partial charge is 0.337 e. The topological polar surface area (TPSA) is 115 Å². The molecule has 7 heteroatoms. The first-order valence-corrected chi connectivity index (χ1v) is 5.49. The van der Waals surface area contributed by atoms with E-state index in [1.807, 2.05) is 0 Å². The van der Waals surface area contributed by atoms with Crippen molar-refractivity contribution in [1.29, 1.82) is 0 Å². The number of anilines is 1.